The number of aliphatic hydroxyl groups excluding tert-OH is 1. The Morgan fingerprint density at radius 2 is 1.91 bits per heavy atom. The van der Waals surface area contributed by atoms with Gasteiger partial charge >= 0.3 is 0 Å². The number of imidazole rings is 1. The molecule has 1 aromatic carbocycles. The molecule has 1 fully saturated rings. The fraction of sp³-hybridized carbons (Fsp3) is 0.412. The van der Waals surface area contributed by atoms with Crippen LogP contribution in [0.4, 0.5) is 5.82 Å². The standard InChI is InChI=1S/C17H20N4O/c22-12-8-13-5-9-20(10-6-13)16-7-11-21-15-4-2-1-3-14(15)18-17(21)19-16/h1-4,7,11,13,22H,5-6,8-10,12H2. The van der Waals surface area contributed by atoms with Crippen molar-refractivity contribution in [3.63, 3.8) is 0 Å². The van der Waals surface area contributed by atoms with Crippen LogP contribution in [0.1, 0.15) is 19.3 Å². The summed E-state index contributed by atoms with van der Waals surface area (Å²) >= 11 is 0. The van der Waals surface area contributed by atoms with E-state index in [1.165, 1.54) is 0 Å². The molecule has 5 heteroatoms. The van der Waals surface area contributed by atoms with E-state index in [-0.39, 0.29) is 0 Å². The van der Waals surface area contributed by atoms with Crippen LogP contribution < -0.4 is 4.90 Å². The fourth-order valence-corrected chi connectivity index (χ4v) is 3.35. The van der Waals surface area contributed by atoms with Crippen molar-refractivity contribution >= 4 is 22.6 Å². The molecule has 0 atom stereocenters. The van der Waals surface area contributed by atoms with Gasteiger partial charge in [0.2, 0.25) is 5.78 Å². The van der Waals surface area contributed by atoms with Crippen LogP contribution in [0, 0.1) is 5.92 Å². The molecular formula is C17H20N4O. The summed E-state index contributed by atoms with van der Waals surface area (Å²) in [6.07, 6.45) is 5.24. The zero-order chi connectivity index (χ0) is 14.9. The van der Waals surface area contributed by atoms with E-state index in [1.807, 2.05) is 22.6 Å². The molecule has 0 radical (unpaired) electrons. The maximum Gasteiger partial charge on any atom is 0.236 e. The SMILES string of the molecule is OCCC1CCN(c2ccn3c(n2)nc2ccccc23)CC1. The highest BCUT2D eigenvalue weighted by Gasteiger charge is 2.20. The molecule has 1 aliphatic heterocycles. The number of rotatable bonds is 3. The summed E-state index contributed by atoms with van der Waals surface area (Å²) in [6.45, 7) is 2.32. The molecule has 2 aromatic heterocycles. The summed E-state index contributed by atoms with van der Waals surface area (Å²) in [5.41, 5.74) is 2.08. The van der Waals surface area contributed by atoms with Gasteiger partial charge in [-0.2, -0.15) is 4.98 Å². The Labute approximate surface area is 129 Å². The van der Waals surface area contributed by atoms with E-state index in [2.05, 4.69) is 28.2 Å². The number of hydrogen-bond acceptors (Lipinski definition) is 4. The lowest BCUT2D eigenvalue weighted by Gasteiger charge is -2.32. The van der Waals surface area contributed by atoms with E-state index in [4.69, 9.17) is 10.1 Å². The molecule has 0 unspecified atom stereocenters. The summed E-state index contributed by atoms with van der Waals surface area (Å²) in [4.78, 5) is 11.7. The summed E-state index contributed by atoms with van der Waals surface area (Å²) in [5.74, 6) is 2.42. The number of fused-ring (bicyclic) bond motifs is 3. The summed E-state index contributed by atoms with van der Waals surface area (Å²) in [7, 11) is 0. The van der Waals surface area contributed by atoms with Crippen LogP contribution >= 0.6 is 0 Å². The third-order valence-electron chi connectivity index (χ3n) is 4.64. The number of benzene rings is 1. The third-order valence-corrected chi connectivity index (χ3v) is 4.64. The topological polar surface area (TPSA) is 53.7 Å². The van der Waals surface area contributed by atoms with Crippen LogP contribution in [-0.2, 0) is 0 Å². The molecule has 0 aliphatic carbocycles. The van der Waals surface area contributed by atoms with Gasteiger partial charge in [-0.15, -0.1) is 0 Å². The average Bonchev–Trinajstić information content (AvgIpc) is 2.93. The Kier molecular flexibility index (Phi) is 3.42. The largest absolute Gasteiger partial charge is 0.396 e. The van der Waals surface area contributed by atoms with E-state index in [9.17, 15) is 0 Å². The minimum absolute atomic E-state index is 0.301. The third kappa shape index (κ3) is 2.31. The van der Waals surface area contributed by atoms with Crippen molar-refractivity contribution in [3.8, 4) is 0 Å². The van der Waals surface area contributed by atoms with Crippen LogP contribution in [-0.4, -0.2) is 39.2 Å². The van der Waals surface area contributed by atoms with Gasteiger partial charge < -0.3 is 10.0 Å². The minimum Gasteiger partial charge on any atom is -0.396 e. The van der Waals surface area contributed by atoms with Gasteiger partial charge in [0, 0.05) is 25.9 Å². The smallest absolute Gasteiger partial charge is 0.236 e. The van der Waals surface area contributed by atoms with E-state index < -0.39 is 0 Å². The van der Waals surface area contributed by atoms with E-state index in [1.54, 1.807) is 0 Å². The van der Waals surface area contributed by atoms with Crippen LogP contribution in [0.2, 0.25) is 0 Å². The predicted molar refractivity (Wildman–Crippen MR) is 87.1 cm³/mol. The highest BCUT2D eigenvalue weighted by Crippen LogP contribution is 2.25. The van der Waals surface area contributed by atoms with Gasteiger partial charge in [-0.3, -0.25) is 4.40 Å². The number of anilines is 1. The summed E-state index contributed by atoms with van der Waals surface area (Å²) in [6, 6.07) is 10.2. The lowest BCUT2D eigenvalue weighted by atomic mass is 9.94. The monoisotopic (exact) mass is 296 g/mol. The fourth-order valence-electron chi connectivity index (χ4n) is 3.35. The van der Waals surface area contributed by atoms with Gasteiger partial charge in [-0.05, 0) is 43.4 Å². The van der Waals surface area contributed by atoms with Crippen LogP contribution in [0.25, 0.3) is 16.8 Å². The molecule has 0 amide bonds. The Hall–Kier alpha value is -2.14. The van der Waals surface area contributed by atoms with E-state index >= 15 is 0 Å². The molecule has 1 aliphatic rings. The lowest BCUT2D eigenvalue weighted by molar-refractivity contribution is 0.240. The van der Waals surface area contributed by atoms with Crippen LogP contribution in [0.5, 0.6) is 0 Å². The summed E-state index contributed by atoms with van der Waals surface area (Å²) < 4.78 is 2.04. The molecular weight excluding hydrogens is 276 g/mol. The van der Waals surface area contributed by atoms with Crippen molar-refractivity contribution in [1.82, 2.24) is 14.4 Å². The van der Waals surface area contributed by atoms with Crippen LogP contribution in [0.3, 0.4) is 0 Å². The highest BCUT2D eigenvalue weighted by atomic mass is 16.3. The molecule has 5 nitrogen and oxygen atoms in total. The first-order chi connectivity index (χ1) is 10.8. The zero-order valence-corrected chi connectivity index (χ0v) is 12.5. The summed E-state index contributed by atoms with van der Waals surface area (Å²) in [5, 5.41) is 9.05. The second kappa shape index (κ2) is 5.57. The van der Waals surface area contributed by atoms with Gasteiger partial charge in [0.25, 0.3) is 0 Å². The molecule has 3 heterocycles. The van der Waals surface area contributed by atoms with E-state index in [0.717, 1.165) is 55.0 Å². The number of aliphatic hydroxyl groups is 1. The second-order valence-corrected chi connectivity index (χ2v) is 6.00. The molecule has 114 valence electrons. The molecule has 0 bridgehead atoms. The van der Waals surface area contributed by atoms with Crippen molar-refractivity contribution < 1.29 is 5.11 Å². The number of hydrogen-bond donors (Lipinski definition) is 1. The highest BCUT2D eigenvalue weighted by molar-refractivity contribution is 5.79. The predicted octanol–water partition coefficient (Wildman–Crippen LogP) is 2.48. The Morgan fingerprint density at radius 3 is 2.73 bits per heavy atom. The van der Waals surface area contributed by atoms with Gasteiger partial charge in [0.05, 0.1) is 11.0 Å². The van der Waals surface area contributed by atoms with Crippen molar-refractivity contribution in [2.75, 3.05) is 24.6 Å². The maximum atomic E-state index is 9.05. The molecule has 1 saturated heterocycles. The lowest BCUT2D eigenvalue weighted by Crippen LogP contribution is -2.34. The first-order valence-corrected chi connectivity index (χ1v) is 7.95. The quantitative estimate of drug-likeness (QED) is 0.807. The molecule has 3 aromatic rings. The van der Waals surface area contributed by atoms with Crippen molar-refractivity contribution in [2.24, 2.45) is 5.92 Å². The Bertz CT molecular complexity index is 790. The second-order valence-electron chi connectivity index (χ2n) is 6.00. The molecule has 0 saturated carbocycles. The van der Waals surface area contributed by atoms with Gasteiger partial charge in [0.1, 0.15) is 5.82 Å². The molecule has 4 rings (SSSR count). The average molecular weight is 296 g/mol. The Morgan fingerprint density at radius 1 is 1.09 bits per heavy atom. The van der Waals surface area contributed by atoms with Gasteiger partial charge in [-0.25, -0.2) is 4.98 Å². The van der Waals surface area contributed by atoms with Crippen molar-refractivity contribution in [3.05, 3.63) is 36.5 Å². The van der Waals surface area contributed by atoms with Gasteiger partial charge in [-0.1, -0.05) is 12.1 Å². The first kappa shape index (κ1) is 13.5. The van der Waals surface area contributed by atoms with Crippen molar-refractivity contribution in [2.45, 2.75) is 19.3 Å². The maximum absolute atomic E-state index is 9.05. The number of nitrogens with zero attached hydrogens (tertiary/aromatic N) is 4. The first-order valence-electron chi connectivity index (χ1n) is 7.95. The molecule has 1 N–H and O–H groups in total. The molecule has 0 spiro atoms. The normalized spacial score (nSPS) is 16.7. The zero-order valence-electron chi connectivity index (χ0n) is 12.5. The van der Waals surface area contributed by atoms with Crippen molar-refractivity contribution in [1.29, 1.82) is 0 Å². The van der Waals surface area contributed by atoms with Crippen LogP contribution in [0.15, 0.2) is 36.5 Å². The number of piperidine rings is 1. The minimum atomic E-state index is 0.301. The number of para-hydroxylation sites is 2. The number of aromatic nitrogens is 3. The molecule has 22 heavy (non-hydrogen) atoms. The van der Waals surface area contributed by atoms with Gasteiger partial charge in [0.15, 0.2) is 0 Å². The van der Waals surface area contributed by atoms with E-state index in [0.29, 0.717) is 12.5 Å². The Balaban J connectivity index is 1.62.